The van der Waals surface area contributed by atoms with Crippen LogP contribution in [0, 0.1) is 5.92 Å². The van der Waals surface area contributed by atoms with Gasteiger partial charge in [0.2, 0.25) is 0 Å². The Morgan fingerprint density at radius 3 is 2.92 bits per heavy atom. The number of rotatable bonds is 5. The zero-order valence-electron chi connectivity index (χ0n) is 8.31. The molecule has 1 fully saturated rings. The lowest BCUT2D eigenvalue weighted by molar-refractivity contribution is 0.591. The lowest BCUT2D eigenvalue weighted by Crippen LogP contribution is -2.21. The Morgan fingerprint density at radius 2 is 2.33 bits per heavy atom. The molecular formula is C10H21NS. The highest BCUT2D eigenvalue weighted by Gasteiger charge is 2.12. The molecular weight excluding hydrogens is 166 g/mol. The van der Waals surface area contributed by atoms with Gasteiger partial charge in [-0.25, -0.2) is 0 Å². The predicted molar refractivity (Wildman–Crippen MR) is 57.8 cm³/mol. The van der Waals surface area contributed by atoms with Crippen LogP contribution in [0.4, 0.5) is 0 Å². The normalized spacial score (nSPS) is 23.8. The third kappa shape index (κ3) is 4.36. The minimum absolute atomic E-state index is 0.838. The molecule has 0 aromatic rings. The van der Waals surface area contributed by atoms with Crippen LogP contribution in [0.15, 0.2) is 0 Å². The summed E-state index contributed by atoms with van der Waals surface area (Å²) in [5.74, 6) is 3.52. The second-order valence-electron chi connectivity index (χ2n) is 4.05. The Morgan fingerprint density at radius 1 is 1.50 bits per heavy atom. The maximum atomic E-state index is 3.53. The molecule has 1 aliphatic heterocycles. The van der Waals surface area contributed by atoms with Crippen molar-refractivity contribution in [2.45, 2.75) is 39.2 Å². The minimum Gasteiger partial charge on any atom is -0.314 e. The Kier molecular flexibility index (Phi) is 5.08. The van der Waals surface area contributed by atoms with E-state index in [1.54, 1.807) is 0 Å². The van der Waals surface area contributed by atoms with Crippen LogP contribution in [0.2, 0.25) is 0 Å². The van der Waals surface area contributed by atoms with Gasteiger partial charge < -0.3 is 5.32 Å². The fraction of sp³-hybridized carbons (Fsp3) is 1.00. The second kappa shape index (κ2) is 5.87. The molecule has 72 valence electrons. The topological polar surface area (TPSA) is 12.0 Å². The van der Waals surface area contributed by atoms with Crippen LogP contribution < -0.4 is 5.32 Å². The van der Waals surface area contributed by atoms with Crippen LogP contribution in [-0.4, -0.2) is 24.1 Å². The molecule has 0 amide bonds. The van der Waals surface area contributed by atoms with Crippen LogP contribution >= 0.6 is 11.8 Å². The molecule has 1 N–H and O–H groups in total. The molecule has 0 radical (unpaired) electrons. The third-order valence-corrected chi connectivity index (χ3v) is 3.65. The standard InChI is InChI=1S/C10H21NS/c1-9(2)8-12-7-5-10-4-3-6-11-10/h9-11H,3-8H2,1-2H3. The summed E-state index contributed by atoms with van der Waals surface area (Å²) in [5, 5.41) is 3.53. The van der Waals surface area contributed by atoms with Gasteiger partial charge >= 0.3 is 0 Å². The predicted octanol–water partition coefficient (Wildman–Crippen LogP) is 2.52. The molecule has 0 spiro atoms. The summed E-state index contributed by atoms with van der Waals surface area (Å²) in [6.45, 7) is 5.83. The summed E-state index contributed by atoms with van der Waals surface area (Å²) in [5.41, 5.74) is 0. The second-order valence-corrected chi connectivity index (χ2v) is 5.20. The molecule has 1 atom stereocenters. The molecule has 0 aliphatic carbocycles. The van der Waals surface area contributed by atoms with E-state index < -0.39 is 0 Å². The molecule has 12 heavy (non-hydrogen) atoms. The van der Waals surface area contributed by atoms with Gasteiger partial charge in [0.1, 0.15) is 0 Å². The first-order chi connectivity index (χ1) is 5.79. The van der Waals surface area contributed by atoms with Gasteiger partial charge in [0.05, 0.1) is 0 Å². The molecule has 0 bridgehead atoms. The first-order valence-corrected chi connectivity index (χ1v) is 6.25. The highest BCUT2D eigenvalue weighted by Crippen LogP contribution is 2.14. The average molecular weight is 187 g/mol. The monoisotopic (exact) mass is 187 g/mol. The van der Waals surface area contributed by atoms with Crippen LogP contribution in [0.3, 0.4) is 0 Å². The average Bonchev–Trinajstić information content (AvgIpc) is 2.49. The van der Waals surface area contributed by atoms with Crippen LogP contribution in [0.1, 0.15) is 33.1 Å². The van der Waals surface area contributed by atoms with E-state index >= 15 is 0 Å². The maximum absolute atomic E-state index is 3.53. The summed E-state index contributed by atoms with van der Waals surface area (Å²) in [4.78, 5) is 0. The zero-order chi connectivity index (χ0) is 8.81. The fourth-order valence-corrected chi connectivity index (χ4v) is 2.64. The van der Waals surface area contributed by atoms with Gasteiger partial charge in [-0.1, -0.05) is 13.8 Å². The molecule has 1 saturated heterocycles. The number of nitrogens with one attached hydrogen (secondary N) is 1. The molecule has 0 aromatic carbocycles. The van der Waals surface area contributed by atoms with Gasteiger partial charge in [-0.05, 0) is 43.2 Å². The maximum Gasteiger partial charge on any atom is 0.00753 e. The van der Waals surface area contributed by atoms with E-state index in [0.29, 0.717) is 0 Å². The summed E-state index contributed by atoms with van der Waals surface area (Å²) < 4.78 is 0. The Labute approximate surface area is 80.7 Å². The molecule has 1 heterocycles. The lowest BCUT2D eigenvalue weighted by Gasteiger charge is -2.09. The SMILES string of the molecule is CC(C)CSCCC1CCCN1. The first kappa shape index (κ1) is 10.4. The van der Waals surface area contributed by atoms with Crippen molar-refractivity contribution in [1.82, 2.24) is 5.32 Å². The molecule has 1 aliphatic rings. The Bertz CT molecular complexity index is 108. The highest BCUT2D eigenvalue weighted by molar-refractivity contribution is 7.99. The van der Waals surface area contributed by atoms with Gasteiger partial charge in [-0.3, -0.25) is 0 Å². The smallest absolute Gasteiger partial charge is 0.00753 e. The number of thioether (sulfide) groups is 1. The van der Waals surface area contributed by atoms with E-state index in [2.05, 4.69) is 30.9 Å². The molecule has 0 aromatic heterocycles. The Balaban J connectivity index is 1.88. The third-order valence-electron chi connectivity index (χ3n) is 2.22. The van der Waals surface area contributed by atoms with Crippen molar-refractivity contribution in [2.24, 2.45) is 5.92 Å². The van der Waals surface area contributed by atoms with Crippen molar-refractivity contribution in [1.29, 1.82) is 0 Å². The van der Waals surface area contributed by atoms with Gasteiger partial charge in [0.15, 0.2) is 0 Å². The van der Waals surface area contributed by atoms with Crippen LogP contribution in [-0.2, 0) is 0 Å². The summed E-state index contributed by atoms with van der Waals surface area (Å²) in [6, 6.07) is 0.838. The highest BCUT2D eigenvalue weighted by atomic mass is 32.2. The van der Waals surface area contributed by atoms with Crippen molar-refractivity contribution >= 4 is 11.8 Å². The fourth-order valence-electron chi connectivity index (χ4n) is 1.55. The first-order valence-electron chi connectivity index (χ1n) is 5.10. The lowest BCUT2D eigenvalue weighted by atomic mass is 10.2. The minimum atomic E-state index is 0.838. The van der Waals surface area contributed by atoms with E-state index in [1.165, 1.54) is 37.3 Å². The van der Waals surface area contributed by atoms with E-state index in [0.717, 1.165) is 12.0 Å². The summed E-state index contributed by atoms with van der Waals surface area (Å²) in [7, 11) is 0. The van der Waals surface area contributed by atoms with Gasteiger partial charge in [0, 0.05) is 6.04 Å². The van der Waals surface area contributed by atoms with Crippen molar-refractivity contribution in [3.05, 3.63) is 0 Å². The molecule has 1 nitrogen and oxygen atoms in total. The molecule has 2 heteroatoms. The van der Waals surface area contributed by atoms with E-state index in [9.17, 15) is 0 Å². The number of hydrogen-bond acceptors (Lipinski definition) is 2. The van der Waals surface area contributed by atoms with Gasteiger partial charge in [-0.15, -0.1) is 0 Å². The zero-order valence-corrected chi connectivity index (χ0v) is 9.12. The molecule has 1 rings (SSSR count). The van der Waals surface area contributed by atoms with Crippen LogP contribution in [0.25, 0.3) is 0 Å². The van der Waals surface area contributed by atoms with Crippen molar-refractivity contribution < 1.29 is 0 Å². The summed E-state index contributed by atoms with van der Waals surface area (Å²) in [6.07, 6.45) is 4.17. The van der Waals surface area contributed by atoms with E-state index in [-0.39, 0.29) is 0 Å². The number of hydrogen-bond donors (Lipinski definition) is 1. The van der Waals surface area contributed by atoms with E-state index in [4.69, 9.17) is 0 Å². The van der Waals surface area contributed by atoms with E-state index in [1.807, 2.05) is 0 Å². The van der Waals surface area contributed by atoms with Crippen LogP contribution in [0.5, 0.6) is 0 Å². The molecule has 1 unspecified atom stereocenters. The molecule has 0 saturated carbocycles. The van der Waals surface area contributed by atoms with Crippen molar-refractivity contribution in [3.63, 3.8) is 0 Å². The summed E-state index contributed by atoms with van der Waals surface area (Å²) >= 11 is 2.11. The quantitative estimate of drug-likeness (QED) is 0.664. The van der Waals surface area contributed by atoms with Crippen molar-refractivity contribution in [2.75, 3.05) is 18.1 Å². The van der Waals surface area contributed by atoms with Gasteiger partial charge in [-0.2, -0.15) is 11.8 Å². The van der Waals surface area contributed by atoms with Crippen molar-refractivity contribution in [3.8, 4) is 0 Å². The Hall–Kier alpha value is 0.310. The largest absolute Gasteiger partial charge is 0.314 e. The van der Waals surface area contributed by atoms with Gasteiger partial charge in [0.25, 0.3) is 0 Å².